The number of aliphatic hydroxyl groups is 1. The molecule has 3 nitrogen and oxygen atoms in total. The fraction of sp³-hybridized carbons (Fsp3) is 0.400. The molecule has 20 heavy (non-hydrogen) atoms. The maximum atomic E-state index is 12.0. The van der Waals surface area contributed by atoms with Gasteiger partial charge in [-0.15, -0.1) is 0 Å². The second kappa shape index (κ2) is 9.06. The summed E-state index contributed by atoms with van der Waals surface area (Å²) >= 11 is 7.74. The van der Waals surface area contributed by atoms with Gasteiger partial charge in [-0.2, -0.15) is 11.8 Å². The number of rotatable bonds is 7. The summed E-state index contributed by atoms with van der Waals surface area (Å²) in [5.74, 6) is 0.626. The number of aliphatic hydroxyl groups excluding tert-OH is 1. The van der Waals surface area contributed by atoms with Crippen molar-refractivity contribution in [2.75, 3.05) is 18.6 Å². The summed E-state index contributed by atoms with van der Waals surface area (Å²) in [6, 6.07) is 7.41. The molecule has 0 aromatic heterocycles. The Bertz CT molecular complexity index is 471. The molecule has 0 aliphatic heterocycles. The standard InChI is InChI=1S/C15H20ClNO2S/c1-11(13-5-3-4-6-14(13)16)9-15(19)17-12(7-8-18)10-20-2/h3-6,9,12,18H,7-8,10H2,1-2H3,(H,17,19)/b11-9-. The summed E-state index contributed by atoms with van der Waals surface area (Å²) < 4.78 is 0. The molecule has 1 unspecified atom stereocenters. The Labute approximate surface area is 129 Å². The number of thioether (sulfide) groups is 1. The molecule has 1 aromatic carbocycles. The maximum Gasteiger partial charge on any atom is 0.244 e. The van der Waals surface area contributed by atoms with Crippen molar-refractivity contribution in [1.82, 2.24) is 5.32 Å². The van der Waals surface area contributed by atoms with Crippen LogP contribution in [0.1, 0.15) is 18.9 Å². The van der Waals surface area contributed by atoms with Crippen LogP contribution >= 0.6 is 23.4 Å². The Hall–Kier alpha value is -0.970. The van der Waals surface area contributed by atoms with E-state index in [0.29, 0.717) is 11.4 Å². The largest absolute Gasteiger partial charge is 0.396 e. The van der Waals surface area contributed by atoms with Crippen molar-refractivity contribution < 1.29 is 9.90 Å². The lowest BCUT2D eigenvalue weighted by atomic mass is 10.1. The maximum absolute atomic E-state index is 12.0. The van der Waals surface area contributed by atoms with Gasteiger partial charge in [-0.05, 0) is 36.8 Å². The molecule has 5 heteroatoms. The van der Waals surface area contributed by atoms with E-state index in [2.05, 4.69) is 5.32 Å². The highest BCUT2D eigenvalue weighted by Gasteiger charge is 2.10. The topological polar surface area (TPSA) is 49.3 Å². The number of allylic oxidation sites excluding steroid dienone is 1. The molecule has 2 N–H and O–H groups in total. The van der Waals surface area contributed by atoms with E-state index in [0.717, 1.165) is 16.9 Å². The lowest BCUT2D eigenvalue weighted by Gasteiger charge is -2.15. The summed E-state index contributed by atoms with van der Waals surface area (Å²) in [5.41, 5.74) is 1.67. The van der Waals surface area contributed by atoms with Gasteiger partial charge in [0.15, 0.2) is 0 Å². The Morgan fingerprint density at radius 2 is 2.20 bits per heavy atom. The summed E-state index contributed by atoms with van der Waals surface area (Å²) in [4.78, 5) is 12.0. The van der Waals surface area contributed by atoms with Gasteiger partial charge in [-0.3, -0.25) is 4.79 Å². The summed E-state index contributed by atoms with van der Waals surface area (Å²) in [6.45, 7) is 1.93. The first-order chi connectivity index (χ1) is 9.58. The molecule has 1 atom stereocenters. The minimum absolute atomic E-state index is 0.0159. The van der Waals surface area contributed by atoms with Crippen LogP contribution in [0.25, 0.3) is 5.57 Å². The van der Waals surface area contributed by atoms with Gasteiger partial charge in [0.1, 0.15) is 0 Å². The fourth-order valence-corrected chi connectivity index (χ4v) is 2.79. The molecule has 0 saturated heterocycles. The Kier molecular flexibility index (Phi) is 7.73. The van der Waals surface area contributed by atoms with E-state index < -0.39 is 0 Å². The zero-order chi connectivity index (χ0) is 15.0. The van der Waals surface area contributed by atoms with E-state index in [4.69, 9.17) is 16.7 Å². The van der Waals surface area contributed by atoms with Crippen LogP contribution in [0.5, 0.6) is 0 Å². The average molecular weight is 314 g/mol. The molecule has 110 valence electrons. The minimum Gasteiger partial charge on any atom is -0.396 e. The van der Waals surface area contributed by atoms with Gasteiger partial charge < -0.3 is 10.4 Å². The van der Waals surface area contributed by atoms with Gasteiger partial charge in [0, 0.05) is 29.5 Å². The SMILES string of the molecule is CSCC(CCO)NC(=O)/C=C(/C)c1ccccc1Cl. The lowest BCUT2D eigenvalue weighted by molar-refractivity contribution is -0.117. The summed E-state index contributed by atoms with van der Waals surface area (Å²) in [7, 11) is 0. The zero-order valence-electron chi connectivity index (χ0n) is 11.7. The quantitative estimate of drug-likeness (QED) is 0.761. The van der Waals surface area contributed by atoms with Crippen molar-refractivity contribution in [3.8, 4) is 0 Å². The third-order valence-corrected chi connectivity index (χ3v) is 3.90. The van der Waals surface area contributed by atoms with E-state index in [-0.39, 0.29) is 18.6 Å². The lowest BCUT2D eigenvalue weighted by Crippen LogP contribution is -2.36. The molecular weight excluding hydrogens is 294 g/mol. The van der Waals surface area contributed by atoms with Crippen LogP contribution in [0.15, 0.2) is 30.3 Å². The van der Waals surface area contributed by atoms with E-state index in [9.17, 15) is 4.79 Å². The third-order valence-electron chi connectivity index (χ3n) is 2.84. The highest BCUT2D eigenvalue weighted by Crippen LogP contribution is 2.22. The predicted octanol–water partition coefficient (Wildman–Crippen LogP) is 2.97. The van der Waals surface area contributed by atoms with E-state index in [1.54, 1.807) is 23.9 Å². The highest BCUT2D eigenvalue weighted by atomic mass is 35.5. The van der Waals surface area contributed by atoms with Crippen molar-refractivity contribution in [2.45, 2.75) is 19.4 Å². The van der Waals surface area contributed by atoms with Crippen molar-refractivity contribution >= 4 is 34.8 Å². The Morgan fingerprint density at radius 3 is 2.80 bits per heavy atom. The molecule has 0 radical (unpaired) electrons. The number of hydrogen-bond donors (Lipinski definition) is 2. The predicted molar refractivity (Wildman–Crippen MR) is 87.1 cm³/mol. The minimum atomic E-state index is -0.157. The van der Waals surface area contributed by atoms with Crippen molar-refractivity contribution in [1.29, 1.82) is 0 Å². The molecule has 0 fully saturated rings. The molecule has 1 aromatic rings. The van der Waals surface area contributed by atoms with Gasteiger partial charge in [0.2, 0.25) is 5.91 Å². The number of benzene rings is 1. The molecule has 0 aliphatic carbocycles. The molecule has 1 amide bonds. The van der Waals surface area contributed by atoms with Crippen LogP contribution in [0, 0.1) is 0 Å². The first kappa shape index (κ1) is 17.1. The highest BCUT2D eigenvalue weighted by molar-refractivity contribution is 7.98. The van der Waals surface area contributed by atoms with Crippen molar-refractivity contribution in [3.63, 3.8) is 0 Å². The van der Waals surface area contributed by atoms with Crippen LogP contribution in [0.2, 0.25) is 5.02 Å². The first-order valence-corrected chi connectivity index (χ1v) is 8.19. The third kappa shape index (κ3) is 5.57. The van der Waals surface area contributed by atoms with Crippen LogP contribution < -0.4 is 5.32 Å². The Morgan fingerprint density at radius 1 is 1.50 bits per heavy atom. The number of amides is 1. The van der Waals surface area contributed by atoms with Gasteiger partial charge >= 0.3 is 0 Å². The second-order valence-electron chi connectivity index (χ2n) is 4.48. The van der Waals surface area contributed by atoms with Crippen molar-refractivity contribution in [2.24, 2.45) is 0 Å². The first-order valence-electron chi connectivity index (χ1n) is 6.42. The number of hydrogen-bond acceptors (Lipinski definition) is 3. The number of carbonyl (C=O) groups excluding carboxylic acids is 1. The van der Waals surface area contributed by atoms with Gasteiger partial charge in [-0.1, -0.05) is 29.8 Å². The monoisotopic (exact) mass is 313 g/mol. The summed E-state index contributed by atoms with van der Waals surface area (Å²) in [6.07, 6.45) is 4.08. The molecule has 0 bridgehead atoms. The van der Waals surface area contributed by atoms with E-state index >= 15 is 0 Å². The smallest absolute Gasteiger partial charge is 0.244 e. The molecule has 0 heterocycles. The normalized spacial score (nSPS) is 13.1. The fourth-order valence-electron chi connectivity index (χ4n) is 1.85. The zero-order valence-corrected chi connectivity index (χ0v) is 13.3. The number of carbonyl (C=O) groups is 1. The van der Waals surface area contributed by atoms with E-state index in [1.165, 1.54) is 0 Å². The van der Waals surface area contributed by atoms with Crippen LogP contribution in [-0.4, -0.2) is 35.7 Å². The van der Waals surface area contributed by atoms with Gasteiger partial charge in [-0.25, -0.2) is 0 Å². The van der Waals surface area contributed by atoms with Gasteiger partial charge in [0.25, 0.3) is 0 Å². The number of halogens is 1. The summed E-state index contributed by atoms with van der Waals surface area (Å²) in [5, 5.41) is 12.5. The van der Waals surface area contributed by atoms with Crippen LogP contribution in [0.3, 0.4) is 0 Å². The molecule has 1 rings (SSSR count). The van der Waals surface area contributed by atoms with Crippen LogP contribution in [-0.2, 0) is 4.79 Å². The van der Waals surface area contributed by atoms with Crippen LogP contribution in [0.4, 0.5) is 0 Å². The Balaban J connectivity index is 2.72. The number of nitrogens with one attached hydrogen (secondary N) is 1. The molecule has 0 saturated carbocycles. The second-order valence-corrected chi connectivity index (χ2v) is 5.80. The van der Waals surface area contributed by atoms with Crippen molar-refractivity contribution in [3.05, 3.63) is 40.9 Å². The van der Waals surface area contributed by atoms with E-state index in [1.807, 2.05) is 31.4 Å². The average Bonchev–Trinajstić information content (AvgIpc) is 2.39. The molecule has 0 spiro atoms. The molecular formula is C15H20ClNO2S. The van der Waals surface area contributed by atoms with Gasteiger partial charge in [0.05, 0.1) is 0 Å². The molecule has 0 aliphatic rings.